The second-order valence-corrected chi connectivity index (χ2v) is 5.44. The Labute approximate surface area is 127 Å². The molecule has 1 aromatic carbocycles. The minimum Gasteiger partial charge on any atom is -0.339 e. The zero-order valence-electron chi connectivity index (χ0n) is 13.6. The Kier molecular flexibility index (Phi) is 4.51. The Balaban J connectivity index is 2.50. The molecule has 0 radical (unpaired) electrons. The lowest BCUT2D eigenvalue weighted by Gasteiger charge is -2.18. The largest absolute Gasteiger partial charge is 0.339 e. The van der Waals surface area contributed by atoms with E-state index in [4.69, 9.17) is 0 Å². The number of rotatable bonds is 4. The van der Waals surface area contributed by atoms with Crippen molar-refractivity contribution in [1.29, 1.82) is 0 Å². The first-order valence-corrected chi connectivity index (χ1v) is 7.54. The van der Waals surface area contributed by atoms with Crippen LogP contribution >= 0.6 is 0 Å². The van der Waals surface area contributed by atoms with E-state index in [9.17, 15) is 4.79 Å². The molecule has 1 amide bonds. The first-order chi connectivity index (χ1) is 9.99. The van der Waals surface area contributed by atoms with Crippen molar-refractivity contribution in [2.75, 3.05) is 13.1 Å². The molecule has 1 aromatic heterocycles. The van der Waals surface area contributed by atoms with Gasteiger partial charge in [0.05, 0.1) is 5.56 Å². The van der Waals surface area contributed by atoms with Crippen LogP contribution in [0.25, 0.3) is 5.69 Å². The fourth-order valence-electron chi connectivity index (χ4n) is 2.82. The molecule has 0 bridgehead atoms. The van der Waals surface area contributed by atoms with E-state index in [0.29, 0.717) is 0 Å². The molecule has 2 rings (SSSR count). The maximum absolute atomic E-state index is 12.6. The van der Waals surface area contributed by atoms with Gasteiger partial charge in [-0.3, -0.25) is 4.79 Å². The second kappa shape index (κ2) is 6.17. The molecular formula is C18H24N2O. The third-order valence-electron chi connectivity index (χ3n) is 3.97. The lowest BCUT2D eigenvalue weighted by atomic mass is 10.2. The molecule has 0 aliphatic carbocycles. The molecule has 3 heteroatoms. The van der Waals surface area contributed by atoms with Crippen molar-refractivity contribution in [2.24, 2.45) is 0 Å². The normalized spacial score (nSPS) is 10.7. The van der Waals surface area contributed by atoms with Crippen LogP contribution in [0.2, 0.25) is 0 Å². The number of carbonyl (C=O) groups excluding carboxylic acids is 1. The Bertz CT molecular complexity index is 651. The Morgan fingerprint density at radius 3 is 2.33 bits per heavy atom. The van der Waals surface area contributed by atoms with Crippen molar-refractivity contribution in [2.45, 2.75) is 34.6 Å². The fourth-order valence-corrected chi connectivity index (χ4v) is 2.82. The van der Waals surface area contributed by atoms with Gasteiger partial charge in [0.15, 0.2) is 0 Å². The van der Waals surface area contributed by atoms with Gasteiger partial charge in [-0.2, -0.15) is 0 Å². The monoisotopic (exact) mass is 284 g/mol. The molecule has 0 fully saturated rings. The number of nitrogens with zero attached hydrogens (tertiary/aromatic N) is 2. The van der Waals surface area contributed by atoms with Gasteiger partial charge >= 0.3 is 0 Å². The summed E-state index contributed by atoms with van der Waals surface area (Å²) in [6, 6.07) is 10.4. The zero-order valence-corrected chi connectivity index (χ0v) is 13.6. The van der Waals surface area contributed by atoms with Crippen molar-refractivity contribution >= 4 is 5.91 Å². The average Bonchev–Trinajstić information content (AvgIpc) is 2.75. The predicted molar refractivity (Wildman–Crippen MR) is 87.2 cm³/mol. The second-order valence-electron chi connectivity index (χ2n) is 5.44. The number of hydrogen-bond acceptors (Lipinski definition) is 1. The van der Waals surface area contributed by atoms with Crippen molar-refractivity contribution in [3.05, 3.63) is 52.8 Å². The van der Waals surface area contributed by atoms with Crippen LogP contribution in [0.5, 0.6) is 0 Å². The standard InChI is InChI=1S/C18H24N2O/c1-6-19(7-2)18(21)17-12-14(4)20(15(17)5)16-10-8-9-13(3)11-16/h8-12H,6-7H2,1-5H3. The SMILES string of the molecule is CCN(CC)C(=O)c1cc(C)n(-c2cccc(C)c2)c1C. The van der Waals surface area contributed by atoms with Crippen LogP contribution in [0.1, 0.15) is 41.2 Å². The molecule has 0 unspecified atom stereocenters. The molecule has 0 aliphatic rings. The van der Waals surface area contributed by atoms with E-state index in [-0.39, 0.29) is 5.91 Å². The molecule has 3 nitrogen and oxygen atoms in total. The average molecular weight is 284 g/mol. The Morgan fingerprint density at radius 2 is 1.76 bits per heavy atom. The fraction of sp³-hybridized carbons (Fsp3) is 0.389. The maximum Gasteiger partial charge on any atom is 0.255 e. The molecule has 0 saturated carbocycles. The molecule has 0 spiro atoms. The van der Waals surface area contributed by atoms with Gasteiger partial charge in [0.1, 0.15) is 0 Å². The topological polar surface area (TPSA) is 25.2 Å². The van der Waals surface area contributed by atoms with E-state index in [1.165, 1.54) is 5.56 Å². The quantitative estimate of drug-likeness (QED) is 0.836. The number of carbonyl (C=O) groups is 1. The molecule has 1 heterocycles. The van der Waals surface area contributed by atoms with E-state index in [1.807, 2.05) is 38.7 Å². The molecule has 21 heavy (non-hydrogen) atoms. The Morgan fingerprint density at radius 1 is 1.10 bits per heavy atom. The minimum absolute atomic E-state index is 0.118. The third kappa shape index (κ3) is 2.87. The van der Waals surface area contributed by atoms with E-state index in [1.54, 1.807) is 0 Å². The van der Waals surface area contributed by atoms with Gasteiger partial charge in [0, 0.05) is 30.2 Å². The maximum atomic E-state index is 12.6. The highest BCUT2D eigenvalue weighted by molar-refractivity contribution is 5.96. The van der Waals surface area contributed by atoms with Crippen LogP contribution < -0.4 is 0 Å². The van der Waals surface area contributed by atoms with Crippen molar-refractivity contribution in [3.8, 4) is 5.69 Å². The number of benzene rings is 1. The van der Waals surface area contributed by atoms with Crippen molar-refractivity contribution < 1.29 is 4.79 Å². The van der Waals surface area contributed by atoms with Crippen molar-refractivity contribution in [3.63, 3.8) is 0 Å². The summed E-state index contributed by atoms with van der Waals surface area (Å²) in [5.41, 5.74) is 5.24. The highest BCUT2D eigenvalue weighted by Crippen LogP contribution is 2.22. The van der Waals surface area contributed by atoms with Gasteiger partial charge in [-0.15, -0.1) is 0 Å². The van der Waals surface area contributed by atoms with E-state index >= 15 is 0 Å². The van der Waals surface area contributed by atoms with Crippen LogP contribution in [0.15, 0.2) is 30.3 Å². The molecular weight excluding hydrogens is 260 g/mol. The number of aromatic nitrogens is 1. The summed E-state index contributed by atoms with van der Waals surface area (Å²) in [6.07, 6.45) is 0. The van der Waals surface area contributed by atoms with Crippen LogP contribution in [-0.2, 0) is 0 Å². The predicted octanol–water partition coefficient (Wildman–Crippen LogP) is 3.88. The lowest BCUT2D eigenvalue weighted by Crippen LogP contribution is -2.30. The zero-order chi connectivity index (χ0) is 15.6. The summed E-state index contributed by atoms with van der Waals surface area (Å²) in [6.45, 7) is 11.7. The summed E-state index contributed by atoms with van der Waals surface area (Å²) in [5, 5.41) is 0. The van der Waals surface area contributed by atoms with Gasteiger partial charge in [-0.25, -0.2) is 0 Å². The Hall–Kier alpha value is -2.03. The summed E-state index contributed by atoms with van der Waals surface area (Å²) < 4.78 is 2.16. The number of amides is 1. The summed E-state index contributed by atoms with van der Waals surface area (Å²) in [5.74, 6) is 0.118. The van der Waals surface area contributed by atoms with Crippen LogP contribution in [0.3, 0.4) is 0 Å². The molecule has 0 saturated heterocycles. The molecule has 112 valence electrons. The molecule has 2 aromatic rings. The van der Waals surface area contributed by atoms with Crippen LogP contribution in [0.4, 0.5) is 0 Å². The van der Waals surface area contributed by atoms with E-state index < -0.39 is 0 Å². The van der Waals surface area contributed by atoms with E-state index in [2.05, 4.69) is 35.8 Å². The van der Waals surface area contributed by atoms with E-state index in [0.717, 1.165) is 35.7 Å². The molecule has 0 atom stereocenters. The minimum atomic E-state index is 0.118. The highest BCUT2D eigenvalue weighted by atomic mass is 16.2. The highest BCUT2D eigenvalue weighted by Gasteiger charge is 2.20. The van der Waals surface area contributed by atoms with Crippen LogP contribution in [0, 0.1) is 20.8 Å². The summed E-state index contributed by atoms with van der Waals surface area (Å²) >= 11 is 0. The molecule has 0 aliphatic heterocycles. The van der Waals surface area contributed by atoms with Gasteiger partial charge in [0.2, 0.25) is 0 Å². The number of aryl methyl sites for hydroxylation is 2. The molecule has 0 N–H and O–H groups in total. The first kappa shape index (κ1) is 15.4. The number of hydrogen-bond donors (Lipinski definition) is 0. The smallest absolute Gasteiger partial charge is 0.255 e. The lowest BCUT2D eigenvalue weighted by molar-refractivity contribution is 0.0772. The van der Waals surface area contributed by atoms with Gasteiger partial charge in [-0.1, -0.05) is 12.1 Å². The van der Waals surface area contributed by atoms with Crippen molar-refractivity contribution in [1.82, 2.24) is 9.47 Å². The third-order valence-corrected chi connectivity index (χ3v) is 3.97. The summed E-state index contributed by atoms with van der Waals surface area (Å²) in [4.78, 5) is 14.5. The summed E-state index contributed by atoms with van der Waals surface area (Å²) in [7, 11) is 0. The first-order valence-electron chi connectivity index (χ1n) is 7.54. The van der Waals surface area contributed by atoms with Crippen LogP contribution in [-0.4, -0.2) is 28.5 Å². The van der Waals surface area contributed by atoms with Gasteiger partial charge < -0.3 is 9.47 Å². The van der Waals surface area contributed by atoms with Gasteiger partial charge in [0.25, 0.3) is 5.91 Å². The van der Waals surface area contributed by atoms with Gasteiger partial charge in [-0.05, 0) is 58.4 Å².